The van der Waals surface area contributed by atoms with Crippen LogP contribution in [0, 0.1) is 11.7 Å². The van der Waals surface area contributed by atoms with Crippen LogP contribution in [0.5, 0.6) is 0 Å². The van der Waals surface area contributed by atoms with Crippen molar-refractivity contribution >= 4 is 10.0 Å². The van der Waals surface area contributed by atoms with E-state index in [9.17, 15) is 17.9 Å². The molecule has 0 radical (unpaired) electrons. The third kappa shape index (κ3) is 2.60. The maximum atomic E-state index is 13.8. The maximum absolute atomic E-state index is 13.8. The average molecular weight is 313 g/mol. The Hall–Kier alpha value is -0.980. The van der Waals surface area contributed by atoms with E-state index in [0.29, 0.717) is 6.42 Å². The first-order valence-electron chi connectivity index (χ1n) is 7.40. The fraction of sp³-hybridized carbons (Fsp3) is 0.600. The average Bonchev–Trinajstić information content (AvgIpc) is 2.46. The van der Waals surface area contributed by atoms with E-state index in [-0.39, 0.29) is 23.9 Å². The summed E-state index contributed by atoms with van der Waals surface area (Å²) in [5.74, 6) is -0.761. The number of benzene rings is 1. The lowest BCUT2D eigenvalue weighted by Crippen LogP contribution is -2.54. The highest BCUT2D eigenvalue weighted by Crippen LogP contribution is 2.41. The fourth-order valence-electron chi connectivity index (χ4n) is 3.55. The van der Waals surface area contributed by atoms with Crippen LogP contribution in [0.25, 0.3) is 0 Å². The Morgan fingerprint density at radius 3 is 2.76 bits per heavy atom. The molecule has 2 fully saturated rings. The highest BCUT2D eigenvalue weighted by Gasteiger charge is 2.45. The number of hydrogen-bond acceptors (Lipinski definition) is 3. The van der Waals surface area contributed by atoms with Crippen molar-refractivity contribution in [1.29, 1.82) is 0 Å². The Balaban J connectivity index is 1.86. The molecule has 1 heterocycles. The summed E-state index contributed by atoms with van der Waals surface area (Å²) >= 11 is 0. The lowest BCUT2D eigenvalue weighted by molar-refractivity contribution is -0.0816. The van der Waals surface area contributed by atoms with Crippen LogP contribution < -0.4 is 0 Å². The van der Waals surface area contributed by atoms with Gasteiger partial charge in [-0.05, 0) is 31.4 Å². The van der Waals surface area contributed by atoms with E-state index in [0.717, 1.165) is 31.7 Å². The van der Waals surface area contributed by atoms with E-state index in [1.807, 2.05) is 0 Å². The minimum atomic E-state index is -3.82. The van der Waals surface area contributed by atoms with Crippen molar-refractivity contribution in [3.63, 3.8) is 0 Å². The van der Waals surface area contributed by atoms with Crippen molar-refractivity contribution in [1.82, 2.24) is 4.31 Å². The number of hydrogen-bond donors (Lipinski definition) is 1. The van der Waals surface area contributed by atoms with Gasteiger partial charge in [0, 0.05) is 19.0 Å². The Kier molecular flexibility index (Phi) is 3.80. The second kappa shape index (κ2) is 5.34. The van der Waals surface area contributed by atoms with E-state index >= 15 is 0 Å². The number of nitrogens with zero attached hydrogens (tertiary/aromatic N) is 1. The monoisotopic (exact) mass is 313 g/mol. The van der Waals surface area contributed by atoms with Gasteiger partial charge in [0.1, 0.15) is 10.7 Å². The molecule has 4 nitrogen and oxygen atoms in total. The zero-order valence-corrected chi connectivity index (χ0v) is 12.7. The van der Waals surface area contributed by atoms with Crippen LogP contribution in [-0.4, -0.2) is 36.5 Å². The van der Waals surface area contributed by atoms with Crippen LogP contribution in [0.15, 0.2) is 29.2 Å². The van der Waals surface area contributed by atoms with Crippen molar-refractivity contribution in [2.24, 2.45) is 5.92 Å². The van der Waals surface area contributed by atoms with Gasteiger partial charge in [-0.15, -0.1) is 0 Å². The van der Waals surface area contributed by atoms with E-state index in [4.69, 9.17) is 0 Å². The summed E-state index contributed by atoms with van der Waals surface area (Å²) in [4.78, 5) is -0.272. The number of fused-ring (bicyclic) bond motifs is 1. The highest BCUT2D eigenvalue weighted by molar-refractivity contribution is 7.89. The highest BCUT2D eigenvalue weighted by atomic mass is 32.2. The first-order valence-corrected chi connectivity index (χ1v) is 8.84. The Morgan fingerprint density at radius 1 is 1.24 bits per heavy atom. The molecule has 1 N–H and O–H groups in total. The molecule has 0 aromatic heterocycles. The van der Waals surface area contributed by atoms with Crippen LogP contribution >= 0.6 is 0 Å². The third-order valence-electron chi connectivity index (χ3n) is 4.84. The summed E-state index contributed by atoms with van der Waals surface area (Å²) in [6.07, 6.45) is 4.02. The van der Waals surface area contributed by atoms with E-state index in [2.05, 4.69) is 0 Å². The molecule has 0 spiro atoms. The lowest BCUT2D eigenvalue weighted by atomic mass is 9.72. The van der Waals surface area contributed by atoms with Gasteiger partial charge in [0.2, 0.25) is 10.0 Å². The second-order valence-electron chi connectivity index (χ2n) is 6.09. The van der Waals surface area contributed by atoms with Crippen LogP contribution in [0.1, 0.15) is 32.1 Å². The fourth-order valence-corrected chi connectivity index (χ4v) is 5.10. The molecule has 1 aliphatic carbocycles. The Labute approximate surface area is 124 Å². The summed E-state index contributed by atoms with van der Waals surface area (Å²) < 4.78 is 40.3. The molecule has 3 rings (SSSR count). The van der Waals surface area contributed by atoms with Crippen LogP contribution in [0.4, 0.5) is 4.39 Å². The molecular weight excluding hydrogens is 293 g/mol. The van der Waals surface area contributed by atoms with Gasteiger partial charge in [-0.2, -0.15) is 4.31 Å². The summed E-state index contributed by atoms with van der Waals surface area (Å²) in [6.45, 7) is 0.539. The Bertz CT molecular complexity index is 634. The predicted molar refractivity (Wildman–Crippen MR) is 76.7 cm³/mol. The van der Waals surface area contributed by atoms with E-state index < -0.39 is 21.4 Å². The SMILES string of the molecule is O=S(=O)(c1ccccc1F)N1CCC2(O)CCCCC2C1. The summed E-state index contributed by atoms with van der Waals surface area (Å²) in [5, 5.41) is 10.6. The molecule has 116 valence electrons. The molecule has 6 heteroatoms. The quantitative estimate of drug-likeness (QED) is 0.910. The number of piperidine rings is 1. The number of sulfonamides is 1. The van der Waals surface area contributed by atoms with Gasteiger partial charge in [0.05, 0.1) is 5.60 Å². The summed E-state index contributed by atoms with van der Waals surface area (Å²) in [7, 11) is -3.82. The predicted octanol–water partition coefficient (Wildman–Crippen LogP) is 2.14. The largest absolute Gasteiger partial charge is 0.390 e. The minimum absolute atomic E-state index is 0.0402. The molecular formula is C15H20FNO3S. The van der Waals surface area contributed by atoms with Gasteiger partial charge in [0.15, 0.2) is 0 Å². The maximum Gasteiger partial charge on any atom is 0.245 e. The summed E-state index contributed by atoms with van der Waals surface area (Å²) in [5.41, 5.74) is -0.737. The van der Waals surface area contributed by atoms with E-state index in [1.165, 1.54) is 22.5 Å². The van der Waals surface area contributed by atoms with Crippen molar-refractivity contribution in [3.05, 3.63) is 30.1 Å². The Morgan fingerprint density at radius 2 is 2.00 bits per heavy atom. The van der Waals surface area contributed by atoms with Crippen LogP contribution in [-0.2, 0) is 10.0 Å². The number of halogens is 1. The zero-order valence-electron chi connectivity index (χ0n) is 11.8. The van der Waals surface area contributed by atoms with Gasteiger partial charge >= 0.3 is 0 Å². The van der Waals surface area contributed by atoms with Crippen molar-refractivity contribution < 1.29 is 17.9 Å². The smallest absolute Gasteiger partial charge is 0.245 e. The first-order chi connectivity index (χ1) is 9.93. The van der Waals surface area contributed by atoms with E-state index in [1.54, 1.807) is 0 Å². The lowest BCUT2D eigenvalue weighted by Gasteiger charge is -2.46. The molecule has 1 saturated carbocycles. The molecule has 1 aromatic rings. The topological polar surface area (TPSA) is 57.6 Å². The molecule has 0 amide bonds. The molecule has 1 aliphatic heterocycles. The molecule has 1 saturated heterocycles. The van der Waals surface area contributed by atoms with Crippen molar-refractivity contribution in [3.8, 4) is 0 Å². The second-order valence-corrected chi connectivity index (χ2v) is 8.00. The minimum Gasteiger partial charge on any atom is -0.390 e. The van der Waals surface area contributed by atoms with Crippen molar-refractivity contribution in [2.75, 3.05) is 13.1 Å². The first kappa shape index (κ1) is 14.9. The van der Waals surface area contributed by atoms with Crippen LogP contribution in [0.2, 0.25) is 0 Å². The van der Waals surface area contributed by atoms with Crippen LogP contribution in [0.3, 0.4) is 0 Å². The molecule has 2 aliphatic rings. The van der Waals surface area contributed by atoms with Gasteiger partial charge in [-0.25, -0.2) is 12.8 Å². The zero-order chi connectivity index (χ0) is 15.1. The van der Waals surface area contributed by atoms with Gasteiger partial charge in [0.25, 0.3) is 0 Å². The van der Waals surface area contributed by atoms with Crippen molar-refractivity contribution in [2.45, 2.75) is 42.6 Å². The number of aliphatic hydroxyl groups is 1. The standard InChI is InChI=1S/C15H20FNO3S/c16-13-6-1-2-7-14(13)21(19,20)17-10-9-15(18)8-4-3-5-12(15)11-17/h1-2,6-7,12,18H,3-5,8-11H2. The normalized spacial score (nSPS) is 30.9. The molecule has 0 bridgehead atoms. The molecule has 2 atom stereocenters. The molecule has 1 aromatic carbocycles. The molecule has 2 unspecified atom stereocenters. The molecule has 21 heavy (non-hydrogen) atoms. The van der Waals surface area contributed by atoms with Gasteiger partial charge in [-0.1, -0.05) is 25.0 Å². The van der Waals surface area contributed by atoms with Gasteiger partial charge < -0.3 is 5.11 Å². The van der Waals surface area contributed by atoms with Gasteiger partial charge in [-0.3, -0.25) is 0 Å². The third-order valence-corrected chi connectivity index (χ3v) is 6.74. The summed E-state index contributed by atoms with van der Waals surface area (Å²) in [6, 6.07) is 5.46. The number of rotatable bonds is 2.